The maximum absolute atomic E-state index is 6.28. The van der Waals surface area contributed by atoms with Crippen molar-refractivity contribution in [3.63, 3.8) is 0 Å². The van der Waals surface area contributed by atoms with Crippen LogP contribution in [0.2, 0.25) is 0 Å². The van der Waals surface area contributed by atoms with Gasteiger partial charge in [0.05, 0.1) is 30.0 Å². The molecular weight excluding hydrogens is 462 g/mol. The summed E-state index contributed by atoms with van der Waals surface area (Å²) in [6.45, 7) is 2.03. The first-order valence-corrected chi connectivity index (χ1v) is 13.4. The van der Waals surface area contributed by atoms with Gasteiger partial charge in [-0.05, 0) is 42.9 Å². The van der Waals surface area contributed by atoms with Crippen molar-refractivity contribution in [1.29, 1.82) is 0 Å². The average molecular weight is 490 g/mol. The fourth-order valence-electron chi connectivity index (χ4n) is 7.25. The zero-order valence-corrected chi connectivity index (χ0v) is 20.4. The predicted octanol–water partition coefficient (Wildman–Crippen LogP) is 4.53. The van der Waals surface area contributed by atoms with Crippen LogP contribution in [0.25, 0.3) is 44.2 Å². The highest BCUT2D eigenvalue weighted by molar-refractivity contribution is 6.12. The number of aromatic amines is 1. The SMILES string of the molecule is c1ccc2c(c1)[nH]c1nccc(-c3nc(NC4CC56CNCC5OC46)c4c(C5CCC5)cncc4n3)c12. The van der Waals surface area contributed by atoms with Crippen molar-refractivity contribution in [2.75, 3.05) is 18.4 Å². The molecule has 1 spiro atoms. The van der Waals surface area contributed by atoms with E-state index in [-0.39, 0.29) is 12.1 Å². The Labute approximate surface area is 213 Å². The summed E-state index contributed by atoms with van der Waals surface area (Å²) in [6.07, 6.45) is 11.2. The molecule has 4 unspecified atom stereocenters. The molecule has 2 saturated carbocycles. The summed E-state index contributed by atoms with van der Waals surface area (Å²) in [5.74, 6) is 2.14. The lowest BCUT2D eigenvalue weighted by molar-refractivity contribution is -0.285. The van der Waals surface area contributed by atoms with E-state index >= 15 is 0 Å². The summed E-state index contributed by atoms with van der Waals surface area (Å²) >= 11 is 0. The highest BCUT2D eigenvalue weighted by Gasteiger charge is 2.69. The topological polar surface area (TPSA) is 101 Å². The van der Waals surface area contributed by atoms with E-state index in [2.05, 4.69) is 43.8 Å². The van der Waals surface area contributed by atoms with E-state index in [4.69, 9.17) is 14.7 Å². The van der Waals surface area contributed by atoms with Gasteiger partial charge in [0.15, 0.2) is 5.82 Å². The Morgan fingerprint density at radius 1 is 1.05 bits per heavy atom. The number of rotatable bonds is 4. The van der Waals surface area contributed by atoms with Gasteiger partial charge in [-0.15, -0.1) is 0 Å². The van der Waals surface area contributed by atoms with E-state index in [0.29, 0.717) is 23.3 Å². The molecule has 6 heterocycles. The quantitative estimate of drug-likeness (QED) is 0.341. The number of para-hydroxylation sites is 1. The fraction of sp³-hybridized carbons (Fsp3) is 0.379. The van der Waals surface area contributed by atoms with Gasteiger partial charge in [-0.1, -0.05) is 24.6 Å². The second kappa shape index (κ2) is 7.24. The standard InChI is InChI=1S/C29H27N7O/c1-2-7-19-16(6-1)23-17(8-9-32-27(23)33-19)26-35-21-12-30-11-18(15-4-3-5-15)24(21)28(36-26)34-20-10-29-14-31-13-22(29)37-25(20)29/h1-2,6-9,11-12,15,20,22,25,31H,3-5,10,13-14H2,(H,32,33)(H,34,35,36). The summed E-state index contributed by atoms with van der Waals surface area (Å²) in [6, 6.07) is 10.6. The van der Waals surface area contributed by atoms with Gasteiger partial charge in [-0.25, -0.2) is 15.0 Å². The normalized spacial score (nSPS) is 28.5. The number of aromatic nitrogens is 5. The molecule has 0 bridgehead atoms. The lowest BCUT2D eigenvalue weighted by Crippen LogP contribution is -2.74. The number of hydrogen-bond acceptors (Lipinski definition) is 7. The molecule has 1 aromatic carbocycles. The van der Waals surface area contributed by atoms with Gasteiger partial charge < -0.3 is 20.4 Å². The van der Waals surface area contributed by atoms with Crippen LogP contribution in [0.3, 0.4) is 0 Å². The number of nitrogens with zero attached hydrogens (tertiary/aromatic N) is 4. The van der Waals surface area contributed by atoms with Crippen molar-refractivity contribution in [3.05, 3.63) is 54.5 Å². The van der Waals surface area contributed by atoms with Gasteiger partial charge in [0.25, 0.3) is 0 Å². The third kappa shape index (κ3) is 2.69. The average Bonchev–Trinajstić information content (AvgIpc) is 3.45. The van der Waals surface area contributed by atoms with Crippen LogP contribution in [-0.4, -0.2) is 56.3 Å². The monoisotopic (exact) mass is 489 g/mol. The Balaban J connectivity index is 1.22. The Morgan fingerprint density at radius 3 is 2.86 bits per heavy atom. The zero-order valence-electron chi connectivity index (χ0n) is 20.4. The second-order valence-electron chi connectivity index (χ2n) is 11.3. The lowest BCUT2D eigenvalue weighted by Gasteiger charge is -2.64. The van der Waals surface area contributed by atoms with Crippen LogP contribution in [0.1, 0.15) is 37.2 Å². The maximum atomic E-state index is 6.28. The number of pyridine rings is 2. The number of nitrogens with one attached hydrogen (secondary N) is 3. The number of ether oxygens (including phenoxy) is 1. The van der Waals surface area contributed by atoms with Crippen LogP contribution in [0.15, 0.2) is 48.9 Å². The Hall–Kier alpha value is -3.62. The Bertz CT molecular complexity index is 1730. The zero-order chi connectivity index (χ0) is 24.1. The number of anilines is 1. The first-order chi connectivity index (χ1) is 18.3. The molecule has 9 rings (SSSR count). The van der Waals surface area contributed by atoms with Crippen LogP contribution in [0.4, 0.5) is 5.82 Å². The van der Waals surface area contributed by atoms with Gasteiger partial charge in [0.2, 0.25) is 0 Å². The summed E-state index contributed by atoms with van der Waals surface area (Å²) < 4.78 is 6.28. The second-order valence-corrected chi connectivity index (χ2v) is 11.3. The lowest BCUT2D eigenvalue weighted by atomic mass is 9.56. The number of hydrogen-bond donors (Lipinski definition) is 3. The molecule has 4 fully saturated rings. The van der Waals surface area contributed by atoms with Crippen molar-refractivity contribution in [3.8, 4) is 11.4 Å². The minimum absolute atomic E-state index is 0.246. The maximum Gasteiger partial charge on any atom is 0.163 e. The Morgan fingerprint density at radius 2 is 2.00 bits per heavy atom. The van der Waals surface area contributed by atoms with Crippen LogP contribution in [0.5, 0.6) is 0 Å². The first kappa shape index (κ1) is 20.4. The number of H-pyrrole nitrogens is 1. The molecule has 2 saturated heterocycles. The Kier molecular flexibility index (Phi) is 4.00. The highest BCUT2D eigenvalue weighted by atomic mass is 16.5. The molecule has 4 aromatic heterocycles. The van der Waals surface area contributed by atoms with Gasteiger partial charge in [-0.3, -0.25) is 4.98 Å². The number of fused-ring (bicyclic) bond motifs is 4. The molecular formula is C29H27N7O. The van der Waals surface area contributed by atoms with Gasteiger partial charge in [0, 0.05) is 58.1 Å². The van der Waals surface area contributed by atoms with Crippen LogP contribution in [-0.2, 0) is 4.74 Å². The van der Waals surface area contributed by atoms with Crippen molar-refractivity contribution >= 4 is 38.7 Å². The first-order valence-electron chi connectivity index (χ1n) is 13.4. The highest BCUT2D eigenvalue weighted by Crippen LogP contribution is 2.58. The van der Waals surface area contributed by atoms with E-state index in [1.54, 1.807) is 0 Å². The summed E-state index contributed by atoms with van der Waals surface area (Å²) in [5, 5.41) is 10.7. The van der Waals surface area contributed by atoms with Crippen molar-refractivity contribution in [2.45, 2.75) is 49.9 Å². The van der Waals surface area contributed by atoms with Gasteiger partial charge in [-0.2, -0.15) is 0 Å². The van der Waals surface area contributed by atoms with Crippen LogP contribution in [0, 0.1) is 5.41 Å². The molecule has 3 N–H and O–H groups in total. The molecule has 5 aromatic rings. The smallest absolute Gasteiger partial charge is 0.163 e. The van der Waals surface area contributed by atoms with Crippen molar-refractivity contribution < 1.29 is 4.74 Å². The van der Waals surface area contributed by atoms with Crippen LogP contribution >= 0.6 is 0 Å². The van der Waals surface area contributed by atoms with Gasteiger partial charge in [0.1, 0.15) is 11.5 Å². The molecule has 8 heteroatoms. The molecule has 37 heavy (non-hydrogen) atoms. The molecule has 4 aliphatic rings. The van der Waals surface area contributed by atoms with E-state index in [0.717, 1.165) is 63.7 Å². The molecule has 4 atom stereocenters. The van der Waals surface area contributed by atoms with E-state index < -0.39 is 0 Å². The third-order valence-electron chi connectivity index (χ3n) is 9.41. The molecule has 184 valence electrons. The van der Waals surface area contributed by atoms with E-state index in [1.807, 2.05) is 30.7 Å². The van der Waals surface area contributed by atoms with Gasteiger partial charge >= 0.3 is 0 Å². The van der Waals surface area contributed by atoms with Crippen molar-refractivity contribution in [1.82, 2.24) is 30.2 Å². The van der Waals surface area contributed by atoms with E-state index in [9.17, 15) is 0 Å². The summed E-state index contributed by atoms with van der Waals surface area (Å²) in [4.78, 5) is 23.0. The van der Waals surface area contributed by atoms with Crippen molar-refractivity contribution in [2.24, 2.45) is 5.41 Å². The molecule has 0 radical (unpaired) electrons. The minimum atomic E-state index is 0.246. The fourth-order valence-corrected chi connectivity index (χ4v) is 7.25. The molecule has 2 aliphatic carbocycles. The third-order valence-corrected chi connectivity index (χ3v) is 9.41. The minimum Gasteiger partial charge on any atom is -0.370 e. The van der Waals surface area contributed by atoms with Crippen LogP contribution < -0.4 is 10.6 Å². The molecule has 8 nitrogen and oxygen atoms in total. The number of benzene rings is 1. The summed E-state index contributed by atoms with van der Waals surface area (Å²) in [5.41, 5.74) is 5.36. The largest absolute Gasteiger partial charge is 0.370 e. The van der Waals surface area contributed by atoms with E-state index in [1.165, 1.54) is 24.8 Å². The summed E-state index contributed by atoms with van der Waals surface area (Å²) in [7, 11) is 0. The predicted molar refractivity (Wildman–Crippen MR) is 143 cm³/mol. The molecule has 2 aliphatic heterocycles. The molecule has 0 amide bonds.